The van der Waals surface area contributed by atoms with Gasteiger partial charge in [-0.15, -0.1) is 0 Å². The maximum absolute atomic E-state index is 5.99. The van der Waals surface area contributed by atoms with E-state index in [0.717, 1.165) is 42.5 Å². The SMILES string of the molecule is CN=C(NCc1ccc(C)cc1OCCCOC)NCc1nccn1CCc1ccccc1. The van der Waals surface area contributed by atoms with Gasteiger partial charge in [0, 0.05) is 58.2 Å². The van der Waals surface area contributed by atoms with E-state index in [-0.39, 0.29) is 0 Å². The number of nitrogens with zero attached hydrogens (tertiary/aromatic N) is 3. The van der Waals surface area contributed by atoms with Crippen LogP contribution in [0.25, 0.3) is 0 Å². The number of aromatic nitrogens is 2. The average molecular weight is 450 g/mol. The zero-order chi connectivity index (χ0) is 23.3. The quantitative estimate of drug-likeness (QED) is 0.251. The van der Waals surface area contributed by atoms with E-state index in [1.807, 2.05) is 18.5 Å². The lowest BCUT2D eigenvalue weighted by molar-refractivity contribution is 0.171. The molecule has 2 aromatic carbocycles. The van der Waals surface area contributed by atoms with Gasteiger partial charge < -0.3 is 24.7 Å². The molecule has 0 aliphatic carbocycles. The molecule has 0 radical (unpaired) electrons. The highest BCUT2D eigenvalue weighted by molar-refractivity contribution is 5.79. The van der Waals surface area contributed by atoms with Crippen molar-refractivity contribution in [3.63, 3.8) is 0 Å². The highest BCUT2D eigenvalue weighted by atomic mass is 16.5. The minimum absolute atomic E-state index is 0.593. The molecule has 3 rings (SSSR count). The van der Waals surface area contributed by atoms with Crippen molar-refractivity contribution in [2.45, 2.75) is 39.4 Å². The molecule has 0 aliphatic heterocycles. The molecule has 0 amide bonds. The van der Waals surface area contributed by atoms with Crippen LogP contribution in [-0.2, 0) is 30.8 Å². The number of ether oxygens (including phenoxy) is 2. The van der Waals surface area contributed by atoms with Gasteiger partial charge in [-0.2, -0.15) is 0 Å². The van der Waals surface area contributed by atoms with E-state index in [4.69, 9.17) is 9.47 Å². The number of nitrogens with one attached hydrogen (secondary N) is 2. The fourth-order valence-electron chi connectivity index (χ4n) is 3.49. The number of guanidine groups is 1. The molecule has 0 saturated carbocycles. The van der Waals surface area contributed by atoms with Crippen molar-refractivity contribution >= 4 is 5.96 Å². The molecule has 0 bridgehead atoms. The molecule has 176 valence electrons. The Morgan fingerprint density at radius 1 is 1.06 bits per heavy atom. The molecule has 3 aromatic rings. The van der Waals surface area contributed by atoms with E-state index >= 15 is 0 Å². The Morgan fingerprint density at radius 2 is 1.88 bits per heavy atom. The number of hydrogen-bond acceptors (Lipinski definition) is 4. The number of methoxy groups -OCH3 is 1. The van der Waals surface area contributed by atoms with Crippen LogP contribution in [0, 0.1) is 6.92 Å². The van der Waals surface area contributed by atoms with Crippen molar-refractivity contribution in [1.29, 1.82) is 0 Å². The van der Waals surface area contributed by atoms with Gasteiger partial charge in [-0.1, -0.05) is 42.5 Å². The van der Waals surface area contributed by atoms with E-state index in [9.17, 15) is 0 Å². The summed E-state index contributed by atoms with van der Waals surface area (Å²) in [5.74, 6) is 2.59. The number of hydrogen-bond donors (Lipinski definition) is 2. The van der Waals surface area contributed by atoms with Crippen molar-refractivity contribution in [2.24, 2.45) is 4.99 Å². The summed E-state index contributed by atoms with van der Waals surface area (Å²) in [6, 6.07) is 16.8. The molecular formula is C26H35N5O2. The molecule has 0 aliphatic rings. The summed E-state index contributed by atoms with van der Waals surface area (Å²) in [5, 5.41) is 6.75. The van der Waals surface area contributed by atoms with Gasteiger partial charge in [-0.25, -0.2) is 4.98 Å². The molecule has 1 heterocycles. The molecule has 33 heavy (non-hydrogen) atoms. The topological polar surface area (TPSA) is 72.7 Å². The van der Waals surface area contributed by atoms with Gasteiger partial charge in [0.15, 0.2) is 5.96 Å². The summed E-state index contributed by atoms with van der Waals surface area (Å²) in [6.45, 7) is 5.48. The summed E-state index contributed by atoms with van der Waals surface area (Å²) in [4.78, 5) is 8.87. The van der Waals surface area contributed by atoms with Gasteiger partial charge in [-0.05, 0) is 30.5 Å². The smallest absolute Gasteiger partial charge is 0.191 e. The fourth-order valence-corrected chi connectivity index (χ4v) is 3.49. The number of benzene rings is 2. The predicted octanol–water partition coefficient (Wildman–Crippen LogP) is 3.71. The molecule has 2 N–H and O–H groups in total. The second kappa shape index (κ2) is 13.3. The Kier molecular flexibility index (Phi) is 9.79. The van der Waals surface area contributed by atoms with Crippen molar-refractivity contribution in [1.82, 2.24) is 20.2 Å². The Morgan fingerprint density at radius 3 is 2.67 bits per heavy atom. The van der Waals surface area contributed by atoms with Gasteiger partial charge in [0.05, 0.1) is 13.2 Å². The van der Waals surface area contributed by atoms with Gasteiger partial charge in [-0.3, -0.25) is 4.99 Å². The van der Waals surface area contributed by atoms with E-state index in [2.05, 4.69) is 74.6 Å². The summed E-state index contributed by atoms with van der Waals surface area (Å²) in [6.07, 6.45) is 5.70. The maximum atomic E-state index is 5.99. The van der Waals surface area contributed by atoms with Gasteiger partial charge in [0.25, 0.3) is 0 Å². The molecule has 0 fully saturated rings. The molecule has 0 saturated heterocycles. The van der Waals surface area contributed by atoms with Crippen molar-refractivity contribution in [3.05, 3.63) is 83.4 Å². The molecule has 0 atom stereocenters. The van der Waals surface area contributed by atoms with Gasteiger partial charge >= 0.3 is 0 Å². The largest absolute Gasteiger partial charge is 0.493 e. The first-order valence-electron chi connectivity index (χ1n) is 11.4. The van der Waals surface area contributed by atoms with Gasteiger partial charge in [0.1, 0.15) is 11.6 Å². The van der Waals surface area contributed by atoms with E-state index < -0.39 is 0 Å². The zero-order valence-electron chi connectivity index (χ0n) is 19.9. The zero-order valence-corrected chi connectivity index (χ0v) is 19.9. The Balaban J connectivity index is 1.51. The molecular weight excluding hydrogens is 414 g/mol. The van der Waals surface area contributed by atoms with E-state index in [0.29, 0.717) is 26.3 Å². The summed E-state index contributed by atoms with van der Waals surface area (Å²) in [7, 11) is 3.48. The Bertz CT molecular complexity index is 1000. The Hall–Kier alpha value is -3.32. The lowest BCUT2D eigenvalue weighted by atomic mass is 10.1. The van der Waals surface area contributed by atoms with Crippen LogP contribution < -0.4 is 15.4 Å². The Labute approximate surface area is 196 Å². The summed E-state index contributed by atoms with van der Waals surface area (Å²) >= 11 is 0. The first-order chi connectivity index (χ1) is 16.2. The lowest BCUT2D eigenvalue weighted by Crippen LogP contribution is -2.37. The number of aliphatic imine (C=N–C) groups is 1. The van der Waals surface area contributed by atoms with Crippen LogP contribution in [0.3, 0.4) is 0 Å². The third-order valence-corrected chi connectivity index (χ3v) is 5.34. The second-order valence-corrected chi connectivity index (χ2v) is 7.86. The lowest BCUT2D eigenvalue weighted by Gasteiger charge is -2.16. The molecule has 0 spiro atoms. The van der Waals surface area contributed by atoms with Crippen molar-refractivity contribution in [3.8, 4) is 5.75 Å². The van der Waals surface area contributed by atoms with Crippen molar-refractivity contribution < 1.29 is 9.47 Å². The highest BCUT2D eigenvalue weighted by Crippen LogP contribution is 2.20. The minimum Gasteiger partial charge on any atom is -0.493 e. The molecule has 1 aromatic heterocycles. The number of rotatable bonds is 12. The monoisotopic (exact) mass is 449 g/mol. The first-order valence-corrected chi connectivity index (χ1v) is 11.4. The highest BCUT2D eigenvalue weighted by Gasteiger charge is 2.08. The van der Waals surface area contributed by atoms with Crippen LogP contribution in [0.15, 0.2) is 65.9 Å². The third kappa shape index (κ3) is 7.95. The molecule has 0 unspecified atom stereocenters. The molecule has 7 heteroatoms. The standard InChI is InChI=1S/C26H35N5O2/c1-21-10-11-23(24(18-21)33-17-7-16-32-3)19-29-26(27-2)30-20-25-28-13-15-31(25)14-12-22-8-5-4-6-9-22/h4-6,8-11,13,15,18H,7,12,14,16-17,19-20H2,1-3H3,(H2,27,29,30). The van der Waals surface area contributed by atoms with Crippen LogP contribution in [0.1, 0.15) is 28.9 Å². The van der Waals surface area contributed by atoms with Crippen molar-refractivity contribution in [2.75, 3.05) is 27.4 Å². The molecule has 7 nitrogen and oxygen atoms in total. The summed E-state index contributed by atoms with van der Waals surface area (Å²) < 4.78 is 13.3. The number of imidazole rings is 1. The van der Waals surface area contributed by atoms with Crippen LogP contribution >= 0.6 is 0 Å². The number of aryl methyl sites for hydroxylation is 3. The average Bonchev–Trinajstić information content (AvgIpc) is 3.29. The van der Waals surface area contributed by atoms with Crippen LogP contribution in [0.2, 0.25) is 0 Å². The normalized spacial score (nSPS) is 11.4. The maximum Gasteiger partial charge on any atom is 0.191 e. The summed E-state index contributed by atoms with van der Waals surface area (Å²) in [5.41, 5.74) is 3.58. The van der Waals surface area contributed by atoms with E-state index in [1.54, 1.807) is 14.2 Å². The second-order valence-electron chi connectivity index (χ2n) is 7.86. The van der Waals surface area contributed by atoms with E-state index in [1.165, 1.54) is 11.1 Å². The third-order valence-electron chi connectivity index (χ3n) is 5.34. The van der Waals surface area contributed by atoms with Crippen LogP contribution in [0.4, 0.5) is 0 Å². The van der Waals surface area contributed by atoms with Crippen LogP contribution in [-0.4, -0.2) is 42.9 Å². The van der Waals surface area contributed by atoms with Crippen LogP contribution in [0.5, 0.6) is 5.75 Å². The van der Waals surface area contributed by atoms with Gasteiger partial charge in [0.2, 0.25) is 0 Å². The minimum atomic E-state index is 0.593. The first kappa shape index (κ1) is 24.3. The fraction of sp³-hybridized carbons (Fsp3) is 0.385. The predicted molar refractivity (Wildman–Crippen MR) is 133 cm³/mol.